The van der Waals surface area contributed by atoms with Gasteiger partial charge in [0.15, 0.2) is 0 Å². The van der Waals surface area contributed by atoms with Crippen LogP contribution in [0.2, 0.25) is 5.02 Å². The summed E-state index contributed by atoms with van der Waals surface area (Å²) in [5.41, 5.74) is -4.33. The van der Waals surface area contributed by atoms with Crippen LogP contribution < -0.4 is 10.6 Å². The van der Waals surface area contributed by atoms with Gasteiger partial charge in [0.2, 0.25) is 5.91 Å². The molecule has 4 nitrogen and oxygen atoms in total. The number of carbonyl (C=O) groups is 2. The van der Waals surface area contributed by atoms with Crippen molar-refractivity contribution in [1.29, 1.82) is 0 Å². The van der Waals surface area contributed by atoms with Crippen LogP contribution in [-0.2, 0) is 11.0 Å². The van der Waals surface area contributed by atoms with Crippen LogP contribution >= 0.6 is 27.5 Å². The van der Waals surface area contributed by atoms with Gasteiger partial charge >= 0.3 is 18.5 Å². The highest BCUT2D eigenvalue weighted by Gasteiger charge is 2.41. The van der Waals surface area contributed by atoms with E-state index in [4.69, 9.17) is 11.6 Å². The Morgan fingerprint density at radius 1 is 1.00 bits per heavy atom. The number of benzene rings is 2. The maximum Gasteiger partial charge on any atom is 0.417 e. The summed E-state index contributed by atoms with van der Waals surface area (Å²) in [7, 11) is 0. The molecule has 0 aromatic heterocycles. The summed E-state index contributed by atoms with van der Waals surface area (Å²) < 4.78 is 134. The fourth-order valence-electron chi connectivity index (χ4n) is 3.13. The number of hydrogen-bond donors (Lipinski definition) is 2. The first-order valence-corrected chi connectivity index (χ1v) is 11.6. The number of rotatable bonds is 7. The Labute approximate surface area is 227 Å². The third-order valence-corrected chi connectivity index (χ3v) is 6.23. The highest BCUT2D eigenvalue weighted by atomic mass is 79.9. The first-order valence-electron chi connectivity index (χ1n) is 10.5. The van der Waals surface area contributed by atoms with E-state index < -0.39 is 76.9 Å². The molecule has 0 heterocycles. The largest absolute Gasteiger partial charge is 0.417 e. The average molecular weight is 658 g/mol. The third-order valence-electron chi connectivity index (χ3n) is 5.02. The van der Waals surface area contributed by atoms with Crippen molar-refractivity contribution in [3.8, 4) is 0 Å². The van der Waals surface area contributed by atoms with Crippen LogP contribution in [0.1, 0.15) is 39.9 Å². The Hall–Kier alpha value is -2.81. The highest BCUT2D eigenvalue weighted by Crippen LogP contribution is 2.41. The summed E-state index contributed by atoms with van der Waals surface area (Å²) in [5, 5.41) is 3.28. The summed E-state index contributed by atoms with van der Waals surface area (Å²) in [4.78, 5) is 24.1. The molecule has 2 rings (SSSR count). The minimum Gasteiger partial charge on any atom is -0.345 e. The van der Waals surface area contributed by atoms with Crippen molar-refractivity contribution in [2.75, 3.05) is 6.54 Å². The Morgan fingerprint density at radius 3 is 2.13 bits per heavy atom. The number of allylic oxidation sites excluding steroid dienone is 1. The molecular weight excluding hydrogens is 642 g/mol. The summed E-state index contributed by atoms with van der Waals surface area (Å²) >= 11 is 8.70. The second-order valence-corrected chi connectivity index (χ2v) is 9.26. The molecule has 2 amide bonds. The van der Waals surface area contributed by atoms with Crippen molar-refractivity contribution in [3.63, 3.8) is 0 Å². The summed E-state index contributed by atoms with van der Waals surface area (Å²) in [6, 6.07) is 2.48. The number of amides is 2. The van der Waals surface area contributed by atoms with Crippen molar-refractivity contribution in [2.24, 2.45) is 0 Å². The number of carbonyl (C=O) groups excluding carboxylic acids is 2. The molecule has 0 saturated heterocycles. The Morgan fingerprint density at radius 2 is 1.62 bits per heavy atom. The Balaban J connectivity index is 2.42. The van der Waals surface area contributed by atoms with Gasteiger partial charge in [0, 0.05) is 10.0 Å². The zero-order chi connectivity index (χ0) is 29.9. The number of hydrogen-bond acceptors (Lipinski definition) is 2. The van der Waals surface area contributed by atoms with E-state index in [1.54, 1.807) is 5.32 Å². The average Bonchev–Trinajstić information content (AvgIpc) is 2.80. The lowest BCUT2D eigenvalue weighted by molar-refractivity contribution is -0.140. The topological polar surface area (TPSA) is 58.2 Å². The zero-order valence-corrected chi connectivity index (χ0v) is 21.6. The van der Waals surface area contributed by atoms with E-state index in [1.165, 1.54) is 5.32 Å². The predicted molar refractivity (Wildman–Crippen MR) is 124 cm³/mol. The van der Waals surface area contributed by atoms with Crippen molar-refractivity contribution >= 4 is 45.2 Å². The maximum absolute atomic E-state index is 14.9. The lowest BCUT2D eigenvalue weighted by atomic mass is 9.95. The highest BCUT2D eigenvalue weighted by molar-refractivity contribution is 9.10. The smallest absolute Gasteiger partial charge is 0.345 e. The molecule has 16 heteroatoms. The van der Waals surface area contributed by atoms with Gasteiger partial charge in [-0.1, -0.05) is 23.7 Å². The number of alkyl halides is 9. The SMILES string of the molecule is CC(NC(=O)c1ccc(/C(F)=C/C(c2ccc(Cl)c(Br)c2)C(F)(F)F)cc1C(F)(F)F)C(=O)NCC(F)(F)F. The first-order chi connectivity index (χ1) is 17.7. The van der Waals surface area contributed by atoms with Gasteiger partial charge in [-0.25, -0.2) is 4.39 Å². The van der Waals surface area contributed by atoms with Crippen LogP contribution in [0.4, 0.5) is 43.9 Å². The van der Waals surface area contributed by atoms with Crippen LogP contribution in [0.25, 0.3) is 5.83 Å². The fourth-order valence-corrected chi connectivity index (χ4v) is 3.65. The minimum atomic E-state index is -5.31. The molecular formula is C23H16BrClF10N2O2. The molecule has 0 aliphatic rings. The van der Waals surface area contributed by atoms with Crippen molar-refractivity contribution in [3.05, 3.63) is 74.2 Å². The fraction of sp³-hybridized carbons (Fsp3) is 0.304. The molecule has 0 spiro atoms. The van der Waals surface area contributed by atoms with E-state index >= 15 is 0 Å². The first kappa shape index (κ1) is 32.4. The lowest BCUT2D eigenvalue weighted by Gasteiger charge is -2.19. The van der Waals surface area contributed by atoms with Gasteiger partial charge in [0.25, 0.3) is 5.91 Å². The van der Waals surface area contributed by atoms with E-state index in [2.05, 4.69) is 15.9 Å². The van der Waals surface area contributed by atoms with E-state index in [0.29, 0.717) is 12.1 Å². The second-order valence-electron chi connectivity index (χ2n) is 7.99. The molecule has 2 aromatic carbocycles. The van der Waals surface area contributed by atoms with Gasteiger partial charge in [0.05, 0.1) is 16.1 Å². The van der Waals surface area contributed by atoms with Gasteiger partial charge in [-0.2, -0.15) is 39.5 Å². The molecule has 0 bridgehead atoms. The van der Waals surface area contributed by atoms with Crippen LogP contribution in [0.15, 0.2) is 46.9 Å². The van der Waals surface area contributed by atoms with Gasteiger partial charge in [-0.05, 0) is 58.8 Å². The molecule has 0 aliphatic carbocycles. The zero-order valence-electron chi connectivity index (χ0n) is 19.3. The van der Waals surface area contributed by atoms with Crippen molar-refractivity contribution < 1.29 is 53.5 Å². The monoisotopic (exact) mass is 656 g/mol. The van der Waals surface area contributed by atoms with Crippen LogP contribution in [-0.4, -0.2) is 36.8 Å². The molecule has 0 fully saturated rings. The third kappa shape index (κ3) is 9.12. The minimum absolute atomic E-state index is 0.0535. The lowest BCUT2D eigenvalue weighted by Crippen LogP contribution is -2.47. The molecule has 39 heavy (non-hydrogen) atoms. The second kappa shape index (κ2) is 12.1. The van der Waals surface area contributed by atoms with E-state index in [-0.39, 0.29) is 21.6 Å². The quantitative estimate of drug-likeness (QED) is 0.302. The van der Waals surface area contributed by atoms with Crippen LogP contribution in [0.5, 0.6) is 0 Å². The standard InChI is InChI=1S/C23H16BrClF10N2O2/c1-10(19(38)36-9-21(27,28)29)37-20(39)13-4-2-12(6-15(13)23(33,34)35)18(26)8-14(22(30,31)32)11-3-5-17(25)16(24)7-11/h2-8,10,14H,9H2,1H3,(H,36,38)(H,37,39)/b18-8-. The molecule has 214 valence electrons. The van der Waals surface area contributed by atoms with Gasteiger partial charge in [-0.3, -0.25) is 9.59 Å². The number of halogens is 12. The summed E-state index contributed by atoms with van der Waals surface area (Å²) in [6.45, 7) is -0.855. The Kier molecular flexibility index (Phi) is 10.1. The van der Waals surface area contributed by atoms with Crippen LogP contribution in [0.3, 0.4) is 0 Å². The van der Waals surface area contributed by atoms with E-state index in [0.717, 1.165) is 25.1 Å². The van der Waals surface area contributed by atoms with Crippen molar-refractivity contribution in [2.45, 2.75) is 37.4 Å². The molecule has 0 saturated carbocycles. The summed E-state index contributed by atoms with van der Waals surface area (Å²) in [6.07, 6.45) is -15.1. The van der Waals surface area contributed by atoms with E-state index in [9.17, 15) is 53.5 Å². The molecule has 2 N–H and O–H groups in total. The molecule has 0 radical (unpaired) electrons. The molecule has 0 aliphatic heterocycles. The summed E-state index contributed by atoms with van der Waals surface area (Å²) in [5.74, 6) is -7.18. The van der Waals surface area contributed by atoms with Crippen LogP contribution in [0, 0.1) is 0 Å². The predicted octanol–water partition coefficient (Wildman–Crippen LogP) is 7.57. The molecule has 2 atom stereocenters. The molecule has 2 aromatic rings. The van der Waals surface area contributed by atoms with Gasteiger partial charge in [-0.15, -0.1) is 0 Å². The Bertz CT molecular complexity index is 1260. The number of nitrogens with one attached hydrogen (secondary N) is 2. The van der Waals surface area contributed by atoms with E-state index in [1.807, 2.05) is 0 Å². The maximum atomic E-state index is 14.9. The normalized spacial score (nSPS) is 14.5. The van der Waals surface area contributed by atoms with Crippen molar-refractivity contribution in [1.82, 2.24) is 10.6 Å². The van der Waals surface area contributed by atoms with Gasteiger partial charge in [0.1, 0.15) is 24.3 Å². The van der Waals surface area contributed by atoms with Gasteiger partial charge < -0.3 is 10.6 Å². The molecule has 2 unspecified atom stereocenters.